The second-order valence-electron chi connectivity index (χ2n) is 9.38. The Labute approximate surface area is 211 Å². The van der Waals surface area contributed by atoms with E-state index < -0.39 is 23.8 Å². The molecule has 3 N–H and O–H groups in total. The first-order valence-electron chi connectivity index (χ1n) is 11.9. The lowest BCUT2D eigenvalue weighted by molar-refractivity contribution is -0.118. The summed E-state index contributed by atoms with van der Waals surface area (Å²) in [5.74, 6) is -0.376. The highest BCUT2D eigenvalue weighted by Crippen LogP contribution is 2.19. The molecule has 0 heterocycles. The molecule has 3 rings (SSSR count). The lowest BCUT2D eigenvalue weighted by Crippen LogP contribution is -2.44. The molecule has 0 aliphatic carbocycles. The van der Waals surface area contributed by atoms with Crippen molar-refractivity contribution in [1.29, 1.82) is 0 Å². The van der Waals surface area contributed by atoms with Crippen molar-refractivity contribution in [2.24, 2.45) is 0 Å². The SMILES string of the molecule is CC(C)(C)OC(=O)NCCCC(NC(=O)OCc1ccccc1)C(=O)Nc1ccc2ccccc2c1. The summed E-state index contributed by atoms with van der Waals surface area (Å²) < 4.78 is 10.5. The molecule has 0 aliphatic heterocycles. The molecule has 1 unspecified atom stereocenters. The molecule has 0 aliphatic rings. The van der Waals surface area contributed by atoms with Gasteiger partial charge in [-0.1, -0.05) is 60.7 Å². The van der Waals surface area contributed by atoms with Gasteiger partial charge in [0.2, 0.25) is 5.91 Å². The number of carbonyl (C=O) groups excluding carboxylic acids is 3. The quantitative estimate of drug-likeness (QED) is 0.349. The van der Waals surface area contributed by atoms with Crippen molar-refractivity contribution >= 4 is 34.6 Å². The smallest absolute Gasteiger partial charge is 0.408 e. The van der Waals surface area contributed by atoms with E-state index in [9.17, 15) is 14.4 Å². The average Bonchev–Trinajstić information content (AvgIpc) is 2.84. The molecule has 190 valence electrons. The van der Waals surface area contributed by atoms with E-state index in [2.05, 4.69) is 16.0 Å². The maximum Gasteiger partial charge on any atom is 0.408 e. The minimum atomic E-state index is -0.861. The van der Waals surface area contributed by atoms with Crippen LogP contribution in [0, 0.1) is 0 Å². The minimum absolute atomic E-state index is 0.0892. The van der Waals surface area contributed by atoms with Crippen LogP contribution in [0.15, 0.2) is 72.8 Å². The number of ether oxygens (including phenoxy) is 2. The fourth-order valence-electron chi connectivity index (χ4n) is 3.48. The summed E-state index contributed by atoms with van der Waals surface area (Å²) in [5, 5.41) is 10.2. The van der Waals surface area contributed by atoms with Gasteiger partial charge in [-0.25, -0.2) is 9.59 Å². The first-order valence-corrected chi connectivity index (χ1v) is 11.9. The Hall–Kier alpha value is -4.07. The fraction of sp³-hybridized carbons (Fsp3) is 0.321. The molecule has 0 bridgehead atoms. The summed E-state index contributed by atoms with van der Waals surface area (Å²) in [6.07, 6.45) is -0.503. The van der Waals surface area contributed by atoms with E-state index >= 15 is 0 Å². The third-order valence-electron chi connectivity index (χ3n) is 5.18. The largest absolute Gasteiger partial charge is 0.445 e. The summed E-state index contributed by atoms with van der Waals surface area (Å²) in [7, 11) is 0. The summed E-state index contributed by atoms with van der Waals surface area (Å²) in [5.41, 5.74) is 0.859. The number of nitrogens with one attached hydrogen (secondary N) is 3. The molecule has 0 radical (unpaired) electrons. The summed E-state index contributed by atoms with van der Waals surface area (Å²) >= 11 is 0. The maximum atomic E-state index is 13.1. The highest BCUT2D eigenvalue weighted by atomic mass is 16.6. The van der Waals surface area contributed by atoms with Gasteiger partial charge in [-0.3, -0.25) is 4.79 Å². The normalized spacial score (nSPS) is 11.9. The standard InChI is InChI=1S/C28H33N3O5/c1-28(2,3)36-26(33)29-17-9-14-24(31-27(34)35-19-20-10-5-4-6-11-20)25(32)30-23-16-15-21-12-7-8-13-22(21)18-23/h4-8,10-13,15-16,18,24H,9,14,17,19H2,1-3H3,(H,29,33)(H,30,32)(H,31,34). The Kier molecular flexibility index (Phi) is 9.27. The second-order valence-corrected chi connectivity index (χ2v) is 9.38. The number of hydrogen-bond acceptors (Lipinski definition) is 5. The molecule has 1 atom stereocenters. The predicted octanol–water partition coefficient (Wildman–Crippen LogP) is 5.38. The maximum absolute atomic E-state index is 13.1. The van der Waals surface area contributed by atoms with Crippen molar-refractivity contribution in [2.45, 2.75) is 51.9 Å². The molecule has 3 aromatic carbocycles. The molecule has 0 fully saturated rings. The Bertz CT molecular complexity index is 1170. The lowest BCUT2D eigenvalue weighted by Gasteiger charge is -2.21. The molecule has 36 heavy (non-hydrogen) atoms. The summed E-state index contributed by atoms with van der Waals surface area (Å²) in [4.78, 5) is 37.4. The van der Waals surface area contributed by atoms with E-state index in [0.29, 0.717) is 12.1 Å². The van der Waals surface area contributed by atoms with Gasteiger partial charge in [-0.05, 0) is 62.1 Å². The summed E-state index contributed by atoms with van der Waals surface area (Å²) in [6, 6.07) is 21.9. The molecular formula is C28H33N3O5. The van der Waals surface area contributed by atoms with Gasteiger partial charge < -0.3 is 25.4 Å². The van der Waals surface area contributed by atoms with Crippen LogP contribution < -0.4 is 16.0 Å². The minimum Gasteiger partial charge on any atom is -0.445 e. The zero-order valence-electron chi connectivity index (χ0n) is 20.9. The van der Waals surface area contributed by atoms with Crippen molar-refractivity contribution in [3.8, 4) is 0 Å². The Morgan fingerprint density at radius 3 is 2.28 bits per heavy atom. The van der Waals surface area contributed by atoms with Gasteiger partial charge in [-0.15, -0.1) is 0 Å². The molecule has 0 saturated heterocycles. The lowest BCUT2D eigenvalue weighted by atomic mass is 10.1. The van der Waals surface area contributed by atoms with Crippen LogP contribution >= 0.6 is 0 Å². The van der Waals surface area contributed by atoms with Crippen LogP contribution in [0.3, 0.4) is 0 Å². The van der Waals surface area contributed by atoms with Gasteiger partial charge in [0.05, 0.1) is 0 Å². The van der Waals surface area contributed by atoms with Gasteiger partial charge in [0.25, 0.3) is 0 Å². The number of benzene rings is 3. The van der Waals surface area contributed by atoms with E-state index in [0.717, 1.165) is 16.3 Å². The zero-order chi connectivity index (χ0) is 26.0. The van der Waals surface area contributed by atoms with Crippen molar-refractivity contribution in [3.63, 3.8) is 0 Å². The van der Waals surface area contributed by atoms with Crippen LogP contribution in [-0.4, -0.2) is 36.3 Å². The second kappa shape index (κ2) is 12.6. The summed E-state index contributed by atoms with van der Waals surface area (Å²) in [6.45, 7) is 5.72. The van der Waals surface area contributed by atoms with Crippen molar-refractivity contribution < 1.29 is 23.9 Å². The zero-order valence-corrected chi connectivity index (χ0v) is 20.9. The monoisotopic (exact) mass is 491 g/mol. The number of amides is 3. The van der Waals surface area contributed by atoms with Gasteiger partial charge in [0.15, 0.2) is 0 Å². The van der Waals surface area contributed by atoms with E-state index in [1.54, 1.807) is 20.8 Å². The number of carbonyl (C=O) groups is 3. The molecule has 8 nitrogen and oxygen atoms in total. The van der Waals surface area contributed by atoms with Crippen molar-refractivity contribution in [1.82, 2.24) is 10.6 Å². The van der Waals surface area contributed by atoms with Crippen LogP contribution in [-0.2, 0) is 20.9 Å². The fourth-order valence-corrected chi connectivity index (χ4v) is 3.48. The van der Waals surface area contributed by atoms with Gasteiger partial charge >= 0.3 is 12.2 Å². The third-order valence-corrected chi connectivity index (χ3v) is 5.18. The highest BCUT2D eigenvalue weighted by molar-refractivity contribution is 5.98. The van der Waals surface area contributed by atoms with Crippen LogP contribution in [0.5, 0.6) is 0 Å². The van der Waals surface area contributed by atoms with E-state index in [4.69, 9.17) is 9.47 Å². The first-order chi connectivity index (χ1) is 17.2. The third kappa shape index (κ3) is 8.94. The Morgan fingerprint density at radius 2 is 1.56 bits per heavy atom. The topological polar surface area (TPSA) is 106 Å². The van der Waals surface area contributed by atoms with Crippen LogP contribution in [0.25, 0.3) is 10.8 Å². The number of alkyl carbamates (subject to hydrolysis) is 2. The molecular weight excluding hydrogens is 458 g/mol. The average molecular weight is 492 g/mol. The number of hydrogen-bond donors (Lipinski definition) is 3. The Balaban J connectivity index is 1.59. The van der Waals surface area contributed by atoms with Crippen LogP contribution in [0.1, 0.15) is 39.2 Å². The van der Waals surface area contributed by atoms with Gasteiger partial charge in [-0.2, -0.15) is 0 Å². The first kappa shape index (κ1) is 26.5. The number of fused-ring (bicyclic) bond motifs is 1. The van der Waals surface area contributed by atoms with E-state index in [1.165, 1.54) is 0 Å². The number of anilines is 1. The molecule has 8 heteroatoms. The molecule has 0 saturated carbocycles. The molecule has 3 amide bonds. The van der Waals surface area contributed by atoms with Crippen molar-refractivity contribution in [3.05, 3.63) is 78.4 Å². The van der Waals surface area contributed by atoms with Crippen LogP contribution in [0.4, 0.5) is 15.3 Å². The predicted molar refractivity (Wildman–Crippen MR) is 140 cm³/mol. The Morgan fingerprint density at radius 1 is 0.861 bits per heavy atom. The molecule has 0 aromatic heterocycles. The highest BCUT2D eigenvalue weighted by Gasteiger charge is 2.22. The van der Waals surface area contributed by atoms with Gasteiger partial charge in [0, 0.05) is 12.2 Å². The molecule has 3 aromatic rings. The number of rotatable bonds is 9. The van der Waals surface area contributed by atoms with Crippen molar-refractivity contribution in [2.75, 3.05) is 11.9 Å². The van der Waals surface area contributed by atoms with Crippen LogP contribution in [0.2, 0.25) is 0 Å². The van der Waals surface area contributed by atoms with Gasteiger partial charge in [0.1, 0.15) is 18.2 Å². The van der Waals surface area contributed by atoms with E-state index in [1.807, 2.05) is 72.8 Å². The van der Waals surface area contributed by atoms with E-state index in [-0.39, 0.29) is 25.5 Å². The molecule has 0 spiro atoms.